The van der Waals surface area contributed by atoms with Gasteiger partial charge in [-0.05, 0) is 55.2 Å². The molecule has 1 amide bonds. The molecule has 0 saturated carbocycles. The predicted octanol–water partition coefficient (Wildman–Crippen LogP) is 4.69. The lowest BCUT2D eigenvalue weighted by atomic mass is 10.1. The van der Waals surface area contributed by atoms with Crippen molar-refractivity contribution >= 4 is 11.6 Å². The topological polar surface area (TPSA) is 56.8 Å². The van der Waals surface area contributed by atoms with Crippen LogP contribution < -0.4 is 19.5 Å². The zero-order valence-electron chi connectivity index (χ0n) is 16.1. The smallest absolute Gasteiger partial charge is 0.255 e. The minimum absolute atomic E-state index is 0.235. The number of ether oxygens (including phenoxy) is 3. The molecule has 0 spiro atoms. The van der Waals surface area contributed by atoms with E-state index < -0.39 is 0 Å². The molecule has 5 nitrogen and oxygen atoms in total. The van der Waals surface area contributed by atoms with Crippen LogP contribution in [0, 0.1) is 12.8 Å². The van der Waals surface area contributed by atoms with Crippen molar-refractivity contribution < 1.29 is 19.0 Å². The molecule has 0 fully saturated rings. The number of rotatable bonds is 8. The van der Waals surface area contributed by atoms with Crippen LogP contribution in [0.2, 0.25) is 0 Å². The highest BCUT2D eigenvalue weighted by Gasteiger charge is 2.14. The fourth-order valence-corrected chi connectivity index (χ4v) is 2.45. The van der Waals surface area contributed by atoms with Crippen molar-refractivity contribution in [3.8, 4) is 17.2 Å². The van der Waals surface area contributed by atoms with Gasteiger partial charge in [-0.1, -0.05) is 19.9 Å². The summed E-state index contributed by atoms with van der Waals surface area (Å²) in [6, 6.07) is 10.8. The molecule has 2 rings (SSSR count). The number of carbonyl (C=O) groups excluding carboxylic acids is 1. The largest absolute Gasteiger partial charge is 0.495 e. The second kappa shape index (κ2) is 9.13. The standard InChI is InChI=1S/C21H27NO4/c1-14(2)10-11-26-19-9-7-16(13-20(19)25-5)21(23)22-17-12-15(3)6-8-18(17)24-4/h6-9,12-14H,10-11H2,1-5H3,(H,22,23). The van der Waals surface area contributed by atoms with Gasteiger partial charge in [0, 0.05) is 5.56 Å². The van der Waals surface area contributed by atoms with Crippen LogP contribution in [0.3, 0.4) is 0 Å². The zero-order chi connectivity index (χ0) is 19.1. The van der Waals surface area contributed by atoms with Gasteiger partial charge in [-0.25, -0.2) is 0 Å². The van der Waals surface area contributed by atoms with Gasteiger partial charge in [0.25, 0.3) is 5.91 Å². The minimum Gasteiger partial charge on any atom is -0.495 e. The van der Waals surface area contributed by atoms with Gasteiger partial charge in [0.1, 0.15) is 5.75 Å². The number of methoxy groups -OCH3 is 2. The molecule has 0 aromatic heterocycles. The second-order valence-corrected chi connectivity index (χ2v) is 6.55. The first-order chi connectivity index (χ1) is 12.4. The number of nitrogens with one attached hydrogen (secondary N) is 1. The van der Waals surface area contributed by atoms with Crippen molar-refractivity contribution in [1.82, 2.24) is 0 Å². The number of anilines is 1. The molecule has 5 heteroatoms. The molecule has 0 saturated heterocycles. The maximum atomic E-state index is 12.6. The Kier molecular flexibility index (Phi) is 6.89. The van der Waals surface area contributed by atoms with Crippen molar-refractivity contribution in [2.45, 2.75) is 27.2 Å². The summed E-state index contributed by atoms with van der Waals surface area (Å²) in [6.45, 7) is 6.86. The van der Waals surface area contributed by atoms with Crippen LogP contribution in [-0.2, 0) is 0 Å². The SMILES string of the molecule is COc1ccc(C)cc1NC(=O)c1ccc(OCCC(C)C)c(OC)c1. The van der Waals surface area contributed by atoms with E-state index in [1.54, 1.807) is 32.4 Å². The first kappa shape index (κ1) is 19.6. The Balaban J connectivity index is 2.15. The van der Waals surface area contributed by atoms with E-state index in [4.69, 9.17) is 14.2 Å². The zero-order valence-corrected chi connectivity index (χ0v) is 16.1. The van der Waals surface area contributed by atoms with E-state index in [1.165, 1.54) is 0 Å². The quantitative estimate of drug-likeness (QED) is 0.745. The molecule has 0 heterocycles. The molecule has 0 bridgehead atoms. The first-order valence-corrected chi connectivity index (χ1v) is 8.71. The molecule has 26 heavy (non-hydrogen) atoms. The van der Waals surface area contributed by atoms with Crippen molar-refractivity contribution in [2.75, 3.05) is 26.1 Å². The maximum absolute atomic E-state index is 12.6. The predicted molar refractivity (Wildman–Crippen MR) is 104 cm³/mol. The van der Waals surface area contributed by atoms with Crippen LogP contribution >= 0.6 is 0 Å². The van der Waals surface area contributed by atoms with E-state index in [0.717, 1.165) is 12.0 Å². The normalized spacial score (nSPS) is 10.5. The Morgan fingerprint density at radius 1 is 1.00 bits per heavy atom. The van der Waals surface area contributed by atoms with Gasteiger partial charge in [0.2, 0.25) is 0 Å². The summed E-state index contributed by atoms with van der Waals surface area (Å²) in [5.41, 5.74) is 2.16. The molecular weight excluding hydrogens is 330 g/mol. The Bertz CT molecular complexity index is 756. The summed E-state index contributed by atoms with van der Waals surface area (Å²) in [5.74, 6) is 2.12. The summed E-state index contributed by atoms with van der Waals surface area (Å²) in [5, 5.41) is 2.89. The summed E-state index contributed by atoms with van der Waals surface area (Å²) < 4.78 is 16.5. The van der Waals surface area contributed by atoms with Crippen LogP contribution in [0.5, 0.6) is 17.2 Å². The molecule has 0 unspecified atom stereocenters. The molecule has 2 aromatic rings. The molecule has 0 aliphatic heterocycles. The van der Waals surface area contributed by atoms with Crippen LogP contribution in [-0.4, -0.2) is 26.7 Å². The lowest BCUT2D eigenvalue weighted by molar-refractivity contribution is 0.102. The van der Waals surface area contributed by atoms with Crippen LogP contribution in [0.4, 0.5) is 5.69 Å². The minimum atomic E-state index is -0.235. The van der Waals surface area contributed by atoms with Crippen LogP contribution in [0.15, 0.2) is 36.4 Å². The van der Waals surface area contributed by atoms with E-state index in [1.807, 2.05) is 25.1 Å². The van der Waals surface area contributed by atoms with E-state index in [-0.39, 0.29) is 5.91 Å². The highest BCUT2D eigenvalue weighted by Crippen LogP contribution is 2.30. The maximum Gasteiger partial charge on any atom is 0.255 e. The van der Waals surface area contributed by atoms with Gasteiger partial charge in [0.15, 0.2) is 11.5 Å². The third-order valence-corrected chi connectivity index (χ3v) is 3.98. The summed E-state index contributed by atoms with van der Waals surface area (Å²) in [4.78, 5) is 12.6. The third-order valence-electron chi connectivity index (χ3n) is 3.98. The highest BCUT2D eigenvalue weighted by molar-refractivity contribution is 6.05. The Labute approximate surface area is 155 Å². The van der Waals surface area contributed by atoms with Gasteiger partial charge in [-0.2, -0.15) is 0 Å². The van der Waals surface area contributed by atoms with Crippen molar-refractivity contribution in [3.05, 3.63) is 47.5 Å². The average molecular weight is 357 g/mol. The lowest BCUT2D eigenvalue weighted by Gasteiger charge is -2.14. The third kappa shape index (κ3) is 5.15. The number of benzene rings is 2. The number of aryl methyl sites for hydroxylation is 1. The van der Waals surface area contributed by atoms with Crippen LogP contribution in [0.25, 0.3) is 0 Å². The summed E-state index contributed by atoms with van der Waals surface area (Å²) in [6.07, 6.45) is 0.957. The lowest BCUT2D eigenvalue weighted by Crippen LogP contribution is -2.13. The molecular formula is C21H27NO4. The van der Waals surface area contributed by atoms with E-state index in [9.17, 15) is 4.79 Å². The van der Waals surface area contributed by atoms with Crippen molar-refractivity contribution in [3.63, 3.8) is 0 Å². The molecule has 2 aromatic carbocycles. The molecule has 140 valence electrons. The monoisotopic (exact) mass is 357 g/mol. The average Bonchev–Trinajstić information content (AvgIpc) is 2.61. The van der Waals surface area contributed by atoms with E-state index in [2.05, 4.69) is 19.2 Å². The fraction of sp³-hybridized carbons (Fsp3) is 0.381. The first-order valence-electron chi connectivity index (χ1n) is 8.71. The summed E-state index contributed by atoms with van der Waals surface area (Å²) in [7, 11) is 3.14. The number of hydrogen-bond acceptors (Lipinski definition) is 4. The highest BCUT2D eigenvalue weighted by atomic mass is 16.5. The second-order valence-electron chi connectivity index (χ2n) is 6.55. The molecule has 0 aliphatic rings. The fourth-order valence-electron chi connectivity index (χ4n) is 2.45. The van der Waals surface area contributed by atoms with Gasteiger partial charge in [-0.3, -0.25) is 4.79 Å². The molecule has 0 atom stereocenters. The van der Waals surface area contributed by atoms with E-state index in [0.29, 0.717) is 41.0 Å². The van der Waals surface area contributed by atoms with Gasteiger partial charge < -0.3 is 19.5 Å². The van der Waals surface area contributed by atoms with Crippen molar-refractivity contribution in [2.24, 2.45) is 5.92 Å². The molecule has 0 radical (unpaired) electrons. The Morgan fingerprint density at radius 2 is 1.69 bits per heavy atom. The van der Waals surface area contributed by atoms with Gasteiger partial charge in [-0.15, -0.1) is 0 Å². The van der Waals surface area contributed by atoms with Crippen LogP contribution in [0.1, 0.15) is 36.2 Å². The Hall–Kier alpha value is -2.69. The summed E-state index contributed by atoms with van der Waals surface area (Å²) >= 11 is 0. The van der Waals surface area contributed by atoms with E-state index >= 15 is 0 Å². The van der Waals surface area contributed by atoms with Gasteiger partial charge >= 0.3 is 0 Å². The Morgan fingerprint density at radius 3 is 2.35 bits per heavy atom. The number of amides is 1. The van der Waals surface area contributed by atoms with Crippen molar-refractivity contribution in [1.29, 1.82) is 0 Å². The van der Waals surface area contributed by atoms with Gasteiger partial charge in [0.05, 0.1) is 26.5 Å². The molecule has 1 N–H and O–H groups in total. The number of hydrogen-bond donors (Lipinski definition) is 1. The molecule has 0 aliphatic carbocycles. The number of carbonyl (C=O) groups is 1.